The summed E-state index contributed by atoms with van der Waals surface area (Å²) in [6.45, 7) is 2.14. The number of ether oxygens (including phenoxy) is 1. The van der Waals surface area contributed by atoms with Gasteiger partial charge in [0.1, 0.15) is 5.75 Å². The van der Waals surface area contributed by atoms with Gasteiger partial charge in [-0.05, 0) is 54.8 Å². The molecular formula is C20H21F3N2O. The first-order valence-corrected chi connectivity index (χ1v) is 8.46. The van der Waals surface area contributed by atoms with Crippen LogP contribution >= 0.6 is 0 Å². The maximum atomic E-state index is 12.2. The van der Waals surface area contributed by atoms with Crippen LogP contribution in [0.3, 0.4) is 0 Å². The summed E-state index contributed by atoms with van der Waals surface area (Å²) in [5.41, 5.74) is 4.49. The summed E-state index contributed by atoms with van der Waals surface area (Å²) in [5.74, 6) is 0.230. The van der Waals surface area contributed by atoms with Crippen molar-refractivity contribution in [3.63, 3.8) is 0 Å². The lowest BCUT2D eigenvalue weighted by Gasteiger charge is -2.10. The van der Waals surface area contributed by atoms with Gasteiger partial charge in [-0.15, -0.1) is 0 Å². The summed E-state index contributed by atoms with van der Waals surface area (Å²) < 4.78 is 41.4. The highest BCUT2D eigenvalue weighted by Crippen LogP contribution is 2.21. The molecule has 138 valence electrons. The number of hydrogen-bond acceptors (Lipinski definition) is 2. The third-order valence-electron chi connectivity index (χ3n) is 4.12. The van der Waals surface area contributed by atoms with Crippen LogP contribution in [-0.4, -0.2) is 24.3 Å². The lowest BCUT2D eigenvalue weighted by atomic mass is 10.1. The van der Waals surface area contributed by atoms with E-state index in [9.17, 15) is 13.2 Å². The molecular weight excluding hydrogens is 341 g/mol. The van der Waals surface area contributed by atoms with Crippen molar-refractivity contribution in [1.82, 2.24) is 10.3 Å². The highest BCUT2D eigenvalue weighted by atomic mass is 19.4. The van der Waals surface area contributed by atoms with E-state index >= 15 is 0 Å². The van der Waals surface area contributed by atoms with E-state index in [1.54, 1.807) is 12.1 Å². The third-order valence-corrected chi connectivity index (χ3v) is 4.12. The first-order valence-electron chi connectivity index (χ1n) is 8.46. The second kappa shape index (κ2) is 7.83. The lowest BCUT2D eigenvalue weighted by Crippen LogP contribution is -2.19. The zero-order chi connectivity index (χ0) is 18.6. The molecule has 3 nitrogen and oxygen atoms in total. The Labute approximate surface area is 150 Å². The maximum absolute atomic E-state index is 12.2. The highest BCUT2D eigenvalue weighted by Gasteiger charge is 2.28. The molecule has 0 amide bonds. The fourth-order valence-electron chi connectivity index (χ4n) is 2.87. The number of aryl methyl sites for hydroxylation is 1. The van der Waals surface area contributed by atoms with Crippen molar-refractivity contribution in [1.29, 1.82) is 0 Å². The Morgan fingerprint density at radius 3 is 2.77 bits per heavy atom. The van der Waals surface area contributed by atoms with Gasteiger partial charge in [0.2, 0.25) is 0 Å². The van der Waals surface area contributed by atoms with Gasteiger partial charge in [0.25, 0.3) is 0 Å². The number of fused-ring (bicyclic) bond motifs is 1. The van der Waals surface area contributed by atoms with Crippen molar-refractivity contribution in [2.24, 2.45) is 0 Å². The van der Waals surface area contributed by atoms with Crippen molar-refractivity contribution >= 4 is 10.9 Å². The molecule has 0 saturated carbocycles. The van der Waals surface area contributed by atoms with E-state index < -0.39 is 12.8 Å². The number of halogens is 3. The topological polar surface area (TPSA) is 37.0 Å². The Bertz CT molecular complexity index is 871. The standard InChI is InChI=1S/C20H21F3N2O/c1-14-5-6-18-16(12-25-19(18)9-14)7-8-24-11-15-3-2-4-17(10-15)26-13-20(21,22)23/h2-6,9-10,12,24-25H,7-8,11,13H2,1H3. The molecule has 2 N–H and O–H groups in total. The van der Waals surface area contributed by atoms with E-state index in [0.717, 1.165) is 24.0 Å². The summed E-state index contributed by atoms with van der Waals surface area (Å²) in [6.07, 6.45) is -1.43. The number of nitrogens with one attached hydrogen (secondary N) is 2. The minimum absolute atomic E-state index is 0.230. The molecule has 6 heteroatoms. The van der Waals surface area contributed by atoms with Crippen LogP contribution in [-0.2, 0) is 13.0 Å². The van der Waals surface area contributed by atoms with Crippen molar-refractivity contribution < 1.29 is 17.9 Å². The van der Waals surface area contributed by atoms with Crippen LogP contribution in [0.25, 0.3) is 10.9 Å². The van der Waals surface area contributed by atoms with Crippen LogP contribution in [0.5, 0.6) is 5.75 Å². The van der Waals surface area contributed by atoms with Crippen molar-refractivity contribution in [3.8, 4) is 5.75 Å². The van der Waals surface area contributed by atoms with Gasteiger partial charge in [-0.3, -0.25) is 0 Å². The van der Waals surface area contributed by atoms with Gasteiger partial charge in [-0.2, -0.15) is 13.2 Å². The van der Waals surface area contributed by atoms with E-state index in [1.165, 1.54) is 22.6 Å². The molecule has 3 rings (SSSR count). The van der Waals surface area contributed by atoms with Crippen LogP contribution in [0.1, 0.15) is 16.7 Å². The van der Waals surface area contributed by atoms with Crippen LogP contribution in [0.15, 0.2) is 48.7 Å². The Balaban J connectivity index is 1.50. The minimum Gasteiger partial charge on any atom is -0.484 e. The van der Waals surface area contributed by atoms with Crippen LogP contribution in [0.4, 0.5) is 13.2 Å². The molecule has 0 unspecified atom stereocenters. The van der Waals surface area contributed by atoms with Gasteiger partial charge in [-0.25, -0.2) is 0 Å². The zero-order valence-corrected chi connectivity index (χ0v) is 14.5. The largest absolute Gasteiger partial charge is 0.484 e. The monoisotopic (exact) mass is 362 g/mol. The molecule has 0 aliphatic heterocycles. The molecule has 0 aliphatic carbocycles. The second-order valence-electron chi connectivity index (χ2n) is 6.34. The molecule has 0 saturated heterocycles. The fourth-order valence-corrected chi connectivity index (χ4v) is 2.87. The first-order chi connectivity index (χ1) is 12.4. The van der Waals surface area contributed by atoms with E-state index in [0.29, 0.717) is 6.54 Å². The molecule has 1 heterocycles. The smallest absolute Gasteiger partial charge is 0.422 e. The van der Waals surface area contributed by atoms with E-state index in [-0.39, 0.29) is 5.75 Å². The average Bonchev–Trinajstić information content (AvgIpc) is 2.99. The normalized spacial score (nSPS) is 11.8. The number of alkyl halides is 3. The van der Waals surface area contributed by atoms with Crippen LogP contribution in [0.2, 0.25) is 0 Å². The maximum Gasteiger partial charge on any atom is 0.422 e. The van der Waals surface area contributed by atoms with Gasteiger partial charge >= 0.3 is 6.18 Å². The van der Waals surface area contributed by atoms with Crippen molar-refractivity contribution in [2.45, 2.75) is 26.1 Å². The van der Waals surface area contributed by atoms with Crippen LogP contribution < -0.4 is 10.1 Å². The number of aromatic nitrogens is 1. The number of aromatic amines is 1. The molecule has 3 aromatic rings. The second-order valence-corrected chi connectivity index (χ2v) is 6.34. The summed E-state index contributed by atoms with van der Waals surface area (Å²) in [7, 11) is 0. The summed E-state index contributed by atoms with van der Waals surface area (Å²) >= 11 is 0. The number of H-pyrrole nitrogens is 1. The Hall–Kier alpha value is -2.47. The first kappa shape index (κ1) is 18.3. The van der Waals surface area contributed by atoms with Gasteiger partial charge in [0.05, 0.1) is 0 Å². The predicted octanol–water partition coefficient (Wildman–Crippen LogP) is 4.75. The van der Waals surface area contributed by atoms with E-state index in [2.05, 4.69) is 35.4 Å². The average molecular weight is 362 g/mol. The molecule has 0 bridgehead atoms. The van der Waals surface area contributed by atoms with E-state index in [1.807, 2.05) is 12.3 Å². The third kappa shape index (κ3) is 5.02. The fraction of sp³-hybridized carbons (Fsp3) is 0.300. The molecule has 0 radical (unpaired) electrons. The molecule has 26 heavy (non-hydrogen) atoms. The predicted molar refractivity (Wildman–Crippen MR) is 96.4 cm³/mol. The highest BCUT2D eigenvalue weighted by molar-refractivity contribution is 5.83. The van der Waals surface area contributed by atoms with Crippen molar-refractivity contribution in [2.75, 3.05) is 13.2 Å². The van der Waals surface area contributed by atoms with Crippen LogP contribution in [0, 0.1) is 6.92 Å². The van der Waals surface area contributed by atoms with Gasteiger partial charge in [0.15, 0.2) is 6.61 Å². The lowest BCUT2D eigenvalue weighted by molar-refractivity contribution is -0.153. The van der Waals surface area contributed by atoms with Gasteiger partial charge in [0, 0.05) is 23.6 Å². The molecule has 1 aromatic heterocycles. The summed E-state index contributed by atoms with van der Waals surface area (Å²) in [4.78, 5) is 3.29. The van der Waals surface area contributed by atoms with Gasteiger partial charge < -0.3 is 15.0 Å². The Morgan fingerprint density at radius 2 is 1.96 bits per heavy atom. The molecule has 0 fully saturated rings. The SMILES string of the molecule is Cc1ccc2c(CCNCc3cccc(OCC(F)(F)F)c3)c[nH]c2c1. The number of rotatable bonds is 7. The quantitative estimate of drug-likeness (QED) is 0.595. The molecule has 0 spiro atoms. The van der Waals surface area contributed by atoms with Gasteiger partial charge in [-0.1, -0.05) is 24.3 Å². The Kier molecular flexibility index (Phi) is 5.52. The Morgan fingerprint density at radius 1 is 1.12 bits per heavy atom. The van der Waals surface area contributed by atoms with Crippen molar-refractivity contribution in [3.05, 3.63) is 65.4 Å². The summed E-state index contributed by atoms with van der Waals surface area (Å²) in [6, 6.07) is 13.1. The summed E-state index contributed by atoms with van der Waals surface area (Å²) in [5, 5.41) is 4.55. The minimum atomic E-state index is -4.33. The molecule has 0 atom stereocenters. The zero-order valence-electron chi connectivity index (χ0n) is 14.5. The molecule has 2 aromatic carbocycles. The number of benzene rings is 2. The molecule has 0 aliphatic rings. The van der Waals surface area contributed by atoms with E-state index in [4.69, 9.17) is 4.74 Å². The number of hydrogen-bond donors (Lipinski definition) is 2.